The molecule has 2 amide bonds. The average Bonchev–Trinajstić information content (AvgIpc) is 3.18. The van der Waals surface area contributed by atoms with E-state index in [1.807, 2.05) is 36.4 Å². The predicted molar refractivity (Wildman–Crippen MR) is 101 cm³/mol. The smallest absolute Gasteiger partial charge is 0.287 e. The van der Waals surface area contributed by atoms with Crippen molar-refractivity contribution in [3.63, 3.8) is 0 Å². The highest BCUT2D eigenvalue weighted by molar-refractivity contribution is 7.09. The number of benzene rings is 2. The van der Waals surface area contributed by atoms with Crippen molar-refractivity contribution in [2.24, 2.45) is 5.73 Å². The Kier molecular flexibility index (Phi) is 5.68. The second-order valence-electron chi connectivity index (χ2n) is 5.76. The number of carbonyl (C=O) groups is 3. The number of amides is 2. The van der Waals surface area contributed by atoms with Gasteiger partial charge in [-0.1, -0.05) is 65.2 Å². The third-order valence-electron chi connectivity index (χ3n) is 3.89. The Labute approximate surface area is 159 Å². The zero-order chi connectivity index (χ0) is 19.2. The van der Waals surface area contributed by atoms with Crippen LogP contribution in [-0.4, -0.2) is 33.2 Å². The molecule has 7 nitrogen and oxygen atoms in total. The zero-order valence-corrected chi connectivity index (χ0v) is 15.0. The number of nitrogens with two attached hydrogens (primary N) is 1. The molecule has 0 unspecified atom stereocenters. The van der Waals surface area contributed by atoms with Crippen molar-refractivity contribution in [1.29, 1.82) is 0 Å². The Hall–Kier alpha value is -3.39. The van der Waals surface area contributed by atoms with Crippen molar-refractivity contribution < 1.29 is 14.4 Å². The van der Waals surface area contributed by atoms with Gasteiger partial charge in [-0.2, -0.15) is 0 Å². The lowest BCUT2D eigenvalue weighted by Gasteiger charge is -2.16. The van der Waals surface area contributed by atoms with Crippen LogP contribution in [0, 0.1) is 0 Å². The molecular formula is C19H16N4O3S. The molecular weight excluding hydrogens is 364 g/mol. The molecule has 27 heavy (non-hydrogen) atoms. The van der Waals surface area contributed by atoms with Crippen molar-refractivity contribution >= 4 is 29.1 Å². The summed E-state index contributed by atoms with van der Waals surface area (Å²) >= 11 is 1.08. The fraction of sp³-hybridized carbons (Fsp3) is 0.105. The van der Waals surface area contributed by atoms with Crippen molar-refractivity contribution in [3.05, 3.63) is 71.9 Å². The molecule has 0 saturated carbocycles. The van der Waals surface area contributed by atoms with Crippen LogP contribution in [0.15, 0.2) is 60.7 Å². The fourth-order valence-electron chi connectivity index (χ4n) is 2.58. The van der Waals surface area contributed by atoms with Gasteiger partial charge in [0.1, 0.15) is 6.04 Å². The largest absolute Gasteiger partial charge is 0.363 e. The first kappa shape index (κ1) is 18.4. The lowest BCUT2D eigenvalue weighted by molar-refractivity contribution is -0.137. The summed E-state index contributed by atoms with van der Waals surface area (Å²) in [5, 5.41) is 6.46. The summed E-state index contributed by atoms with van der Waals surface area (Å²) in [6.07, 6.45) is 0.145. The normalized spacial score (nSPS) is 11.6. The van der Waals surface area contributed by atoms with Crippen LogP contribution in [0.3, 0.4) is 0 Å². The first-order chi connectivity index (χ1) is 13.1. The summed E-state index contributed by atoms with van der Waals surface area (Å²) < 4.78 is 3.85. The summed E-state index contributed by atoms with van der Waals surface area (Å²) in [5.74, 6) is -2.55. The molecule has 3 N–H and O–H groups in total. The number of nitrogens with zero attached hydrogens (tertiary/aromatic N) is 2. The van der Waals surface area contributed by atoms with Gasteiger partial charge in [-0.3, -0.25) is 14.4 Å². The van der Waals surface area contributed by atoms with Crippen molar-refractivity contribution in [1.82, 2.24) is 14.9 Å². The Bertz CT molecular complexity index is 957. The number of rotatable bonds is 7. The van der Waals surface area contributed by atoms with Crippen LogP contribution in [0.4, 0.5) is 0 Å². The van der Waals surface area contributed by atoms with Crippen LogP contribution in [0.2, 0.25) is 0 Å². The minimum absolute atomic E-state index is 0.0986. The van der Waals surface area contributed by atoms with Gasteiger partial charge in [-0.15, -0.1) is 5.10 Å². The second-order valence-corrected chi connectivity index (χ2v) is 6.52. The van der Waals surface area contributed by atoms with Crippen molar-refractivity contribution in [2.45, 2.75) is 12.5 Å². The molecule has 0 spiro atoms. The van der Waals surface area contributed by atoms with Gasteiger partial charge in [0.25, 0.3) is 11.8 Å². The van der Waals surface area contributed by atoms with Crippen LogP contribution < -0.4 is 11.1 Å². The molecule has 136 valence electrons. The number of hydrogen-bond donors (Lipinski definition) is 2. The molecule has 3 aromatic rings. The summed E-state index contributed by atoms with van der Waals surface area (Å²) in [5.41, 5.74) is 6.82. The number of primary amides is 1. The molecule has 0 fully saturated rings. The Morgan fingerprint density at radius 1 is 1.00 bits per heavy atom. The first-order valence-corrected chi connectivity index (χ1v) is 8.90. The van der Waals surface area contributed by atoms with Crippen molar-refractivity contribution in [3.8, 4) is 10.4 Å². The lowest BCUT2D eigenvalue weighted by Crippen LogP contribution is -2.47. The monoisotopic (exact) mass is 380 g/mol. The second kappa shape index (κ2) is 8.33. The molecule has 0 aliphatic rings. The van der Waals surface area contributed by atoms with Crippen molar-refractivity contribution in [2.75, 3.05) is 0 Å². The third kappa shape index (κ3) is 4.42. The van der Waals surface area contributed by atoms with E-state index in [2.05, 4.69) is 14.9 Å². The Morgan fingerprint density at radius 2 is 1.63 bits per heavy atom. The number of hydrogen-bond acceptors (Lipinski definition) is 6. The average molecular weight is 380 g/mol. The van der Waals surface area contributed by atoms with Gasteiger partial charge in [0.15, 0.2) is 5.69 Å². The maximum Gasteiger partial charge on any atom is 0.287 e. The van der Waals surface area contributed by atoms with E-state index < -0.39 is 23.6 Å². The van der Waals surface area contributed by atoms with Gasteiger partial charge in [-0.05, 0) is 22.7 Å². The molecule has 2 aromatic carbocycles. The number of nitrogens with one attached hydrogen (secondary N) is 1. The van der Waals surface area contributed by atoms with Crippen LogP contribution in [0.1, 0.15) is 16.1 Å². The Morgan fingerprint density at radius 3 is 2.26 bits per heavy atom. The van der Waals surface area contributed by atoms with Gasteiger partial charge in [0.2, 0.25) is 5.78 Å². The molecule has 0 radical (unpaired) electrons. The minimum atomic E-state index is -1.10. The number of aromatic nitrogens is 2. The van der Waals surface area contributed by atoms with E-state index in [-0.39, 0.29) is 12.1 Å². The number of ketones is 1. The van der Waals surface area contributed by atoms with Crippen LogP contribution >= 0.6 is 11.5 Å². The molecule has 1 atom stereocenters. The highest BCUT2D eigenvalue weighted by Crippen LogP contribution is 2.25. The number of Topliss-reactive ketones (excluding diaryl/α,β-unsaturated/α-hetero) is 1. The molecule has 0 aliphatic heterocycles. The van der Waals surface area contributed by atoms with E-state index in [1.54, 1.807) is 24.3 Å². The lowest BCUT2D eigenvalue weighted by atomic mass is 10.0. The molecule has 8 heteroatoms. The van der Waals surface area contributed by atoms with E-state index in [4.69, 9.17) is 5.73 Å². The standard InChI is InChI=1S/C19H16N4O3S/c20-18(25)16(24)14(11-12-7-3-1-4-8-12)21-19(26)15-17(27-23-22-15)13-9-5-2-6-10-13/h1-10,14H,11H2,(H2,20,25)(H,21,26)/t14-/m0/s1. The molecule has 1 aromatic heterocycles. The highest BCUT2D eigenvalue weighted by atomic mass is 32.1. The van der Waals surface area contributed by atoms with E-state index in [0.29, 0.717) is 4.88 Å². The molecule has 1 heterocycles. The van der Waals surface area contributed by atoms with Crippen LogP contribution in [-0.2, 0) is 16.0 Å². The predicted octanol–water partition coefficient (Wildman–Crippen LogP) is 1.60. The van der Waals surface area contributed by atoms with Gasteiger partial charge < -0.3 is 11.1 Å². The summed E-state index contributed by atoms with van der Waals surface area (Å²) in [6, 6.07) is 17.2. The minimum Gasteiger partial charge on any atom is -0.363 e. The zero-order valence-electron chi connectivity index (χ0n) is 14.2. The summed E-state index contributed by atoms with van der Waals surface area (Å²) in [7, 11) is 0. The number of carbonyl (C=O) groups excluding carboxylic acids is 3. The molecule has 0 saturated heterocycles. The third-order valence-corrected chi connectivity index (χ3v) is 4.66. The Balaban J connectivity index is 1.84. The van der Waals surface area contributed by atoms with Crippen LogP contribution in [0.25, 0.3) is 10.4 Å². The van der Waals surface area contributed by atoms with Gasteiger partial charge in [0.05, 0.1) is 4.88 Å². The fourth-order valence-corrected chi connectivity index (χ4v) is 3.24. The molecule has 0 aliphatic carbocycles. The van der Waals surface area contributed by atoms with Crippen LogP contribution in [0.5, 0.6) is 0 Å². The van der Waals surface area contributed by atoms with E-state index in [9.17, 15) is 14.4 Å². The van der Waals surface area contributed by atoms with Gasteiger partial charge >= 0.3 is 0 Å². The summed E-state index contributed by atoms with van der Waals surface area (Å²) in [6.45, 7) is 0. The maximum absolute atomic E-state index is 12.7. The highest BCUT2D eigenvalue weighted by Gasteiger charge is 2.28. The quantitative estimate of drug-likeness (QED) is 0.604. The van der Waals surface area contributed by atoms with E-state index in [0.717, 1.165) is 22.7 Å². The van der Waals surface area contributed by atoms with E-state index >= 15 is 0 Å². The van der Waals surface area contributed by atoms with Gasteiger partial charge in [-0.25, -0.2) is 0 Å². The molecule has 0 bridgehead atoms. The van der Waals surface area contributed by atoms with E-state index in [1.165, 1.54) is 0 Å². The topological polar surface area (TPSA) is 115 Å². The van der Waals surface area contributed by atoms with Gasteiger partial charge in [0, 0.05) is 6.42 Å². The first-order valence-electron chi connectivity index (χ1n) is 8.12. The summed E-state index contributed by atoms with van der Waals surface area (Å²) in [4.78, 5) is 36.9. The SMILES string of the molecule is NC(=O)C(=O)[C@H](Cc1ccccc1)NC(=O)c1nnsc1-c1ccccc1. The molecule has 3 rings (SSSR count). The maximum atomic E-state index is 12.7.